The van der Waals surface area contributed by atoms with Crippen molar-refractivity contribution < 1.29 is 14.3 Å². The van der Waals surface area contributed by atoms with Crippen LogP contribution in [0.15, 0.2) is 46.9 Å². The van der Waals surface area contributed by atoms with Crippen molar-refractivity contribution in [3.05, 3.63) is 58.1 Å². The van der Waals surface area contributed by atoms with Crippen LogP contribution in [0.3, 0.4) is 0 Å². The van der Waals surface area contributed by atoms with Crippen LogP contribution in [0.2, 0.25) is 0 Å². The van der Waals surface area contributed by atoms with E-state index in [0.29, 0.717) is 35.1 Å². The van der Waals surface area contributed by atoms with Crippen LogP contribution >= 0.6 is 15.9 Å². The number of rotatable bonds is 7. The van der Waals surface area contributed by atoms with Crippen LogP contribution in [-0.2, 0) is 0 Å². The molecule has 0 aliphatic rings. The molecular formula is C20H22BrNO3. The molecule has 132 valence electrons. The third-order valence-corrected chi connectivity index (χ3v) is 4.18. The molecule has 2 aromatic rings. The highest BCUT2D eigenvalue weighted by Crippen LogP contribution is 2.25. The summed E-state index contributed by atoms with van der Waals surface area (Å²) in [6.07, 6.45) is 0.920. The van der Waals surface area contributed by atoms with Gasteiger partial charge in [0.15, 0.2) is 5.78 Å². The molecule has 0 aromatic heterocycles. The van der Waals surface area contributed by atoms with E-state index < -0.39 is 0 Å². The zero-order chi connectivity index (χ0) is 18.4. The van der Waals surface area contributed by atoms with Gasteiger partial charge in [-0.15, -0.1) is 0 Å². The zero-order valence-electron chi connectivity index (χ0n) is 14.6. The van der Waals surface area contributed by atoms with Gasteiger partial charge >= 0.3 is 0 Å². The standard InChI is InChI=1S/C20H22BrNO3/c1-13(2)10-11-25-19-9-6-16(21)12-18(19)20(24)22-17-7-4-15(5-8-17)14(3)23/h4-9,12-13H,10-11H2,1-3H3,(H,22,24). The Bertz CT molecular complexity index is 754. The first-order chi connectivity index (χ1) is 11.9. The lowest BCUT2D eigenvalue weighted by Gasteiger charge is -2.13. The van der Waals surface area contributed by atoms with E-state index in [0.717, 1.165) is 10.9 Å². The molecule has 0 aliphatic heterocycles. The van der Waals surface area contributed by atoms with Crippen molar-refractivity contribution in [2.24, 2.45) is 5.92 Å². The fourth-order valence-corrected chi connectivity index (χ4v) is 2.56. The van der Waals surface area contributed by atoms with Crippen LogP contribution in [0.4, 0.5) is 5.69 Å². The number of amides is 1. The third kappa shape index (κ3) is 5.71. The maximum atomic E-state index is 12.6. The Balaban J connectivity index is 2.14. The number of ether oxygens (including phenoxy) is 1. The largest absolute Gasteiger partial charge is 0.493 e. The summed E-state index contributed by atoms with van der Waals surface area (Å²) in [6.45, 7) is 6.33. The van der Waals surface area contributed by atoms with Gasteiger partial charge in [-0.1, -0.05) is 29.8 Å². The first kappa shape index (κ1) is 19.2. The van der Waals surface area contributed by atoms with E-state index in [1.165, 1.54) is 6.92 Å². The van der Waals surface area contributed by atoms with Gasteiger partial charge in [-0.2, -0.15) is 0 Å². The quantitative estimate of drug-likeness (QED) is 0.635. The van der Waals surface area contributed by atoms with Gasteiger partial charge in [-0.05, 0) is 61.7 Å². The predicted molar refractivity (Wildman–Crippen MR) is 103 cm³/mol. The van der Waals surface area contributed by atoms with Crippen LogP contribution in [0.5, 0.6) is 5.75 Å². The highest BCUT2D eigenvalue weighted by atomic mass is 79.9. The monoisotopic (exact) mass is 403 g/mol. The van der Waals surface area contributed by atoms with Crippen molar-refractivity contribution in [1.29, 1.82) is 0 Å². The van der Waals surface area contributed by atoms with Gasteiger partial charge in [0.1, 0.15) is 5.75 Å². The molecule has 0 spiro atoms. The number of carbonyl (C=O) groups excluding carboxylic acids is 2. The summed E-state index contributed by atoms with van der Waals surface area (Å²) in [6, 6.07) is 12.2. The summed E-state index contributed by atoms with van der Waals surface area (Å²) in [7, 11) is 0. The Hall–Kier alpha value is -2.14. The van der Waals surface area contributed by atoms with Crippen LogP contribution in [0.25, 0.3) is 0 Å². The molecule has 1 N–H and O–H groups in total. The van der Waals surface area contributed by atoms with E-state index in [1.54, 1.807) is 36.4 Å². The van der Waals surface area contributed by atoms with Crippen molar-refractivity contribution in [3.63, 3.8) is 0 Å². The smallest absolute Gasteiger partial charge is 0.259 e. The highest BCUT2D eigenvalue weighted by Gasteiger charge is 2.14. The molecule has 2 rings (SSSR count). The van der Waals surface area contributed by atoms with Crippen molar-refractivity contribution in [2.75, 3.05) is 11.9 Å². The Kier molecular flexibility index (Phi) is 6.76. The molecule has 0 fully saturated rings. The van der Waals surface area contributed by atoms with Gasteiger partial charge in [0.05, 0.1) is 12.2 Å². The minimum atomic E-state index is -0.253. The zero-order valence-corrected chi connectivity index (χ0v) is 16.2. The molecule has 0 unspecified atom stereocenters. The average Bonchev–Trinajstić information content (AvgIpc) is 2.56. The Morgan fingerprint density at radius 3 is 2.40 bits per heavy atom. The lowest BCUT2D eigenvalue weighted by atomic mass is 10.1. The Labute approximate surface area is 156 Å². The van der Waals surface area contributed by atoms with Gasteiger partial charge in [0.2, 0.25) is 0 Å². The lowest BCUT2D eigenvalue weighted by Crippen LogP contribution is -2.14. The Morgan fingerprint density at radius 2 is 1.80 bits per heavy atom. The van der Waals surface area contributed by atoms with Crippen LogP contribution in [0, 0.1) is 5.92 Å². The minimum Gasteiger partial charge on any atom is -0.493 e. The normalized spacial score (nSPS) is 10.6. The van der Waals surface area contributed by atoms with Gasteiger partial charge in [0.25, 0.3) is 5.91 Å². The lowest BCUT2D eigenvalue weighted by molar-refractivity contribution is 0.101. The fourth-order valence-electron chi connectivity index (χ4n) is 2.20. The van der Waals surface area contributed by atoms with E-state index in [4.69, 9.17) is 4.74 Å². The van der Waals surface area contributed by atoms with Crippen LogP contribution < -0.4 is 10.1 Å². The maximum Gasteiger partial charge on any atom is 0.259 e. The van der Waals surface area contributed by atoms with E-state index in [9.17, 15) is 9.59 Å². The average molecular weight is 404 g/mol. The molecule has 25 heavy (non-hydrogen) atoms. The number of ketones is 1. The van der Waals surface area contributed by atoms with Gasteiger partial charge in [-0.3, -0.25) is 9.59 Å². The number of halogens is 1. The van der Waals surface area contributed by atoms with Gasteiger partial charge < -0.3 is 10.1 Å². The number of Topliss-reactive ketones (excluding diaryl/α,β-unsaturated/α-hetero) is 1. The molecule has 0 atom stereocenters. The summed E-state index contributed by atoms with van der Waals surface area (Å²) < 4.78 is 6.59. The summed E-state index contributed by atoms with van der Waals surface area (Å²) in [5, 5.41) is 2.84. The summed E-state index contributed by atoms with van der Waals surface area (Å²) in [4.78, 5) is 23.9. The van der Waals surface area contributed by atoms with E-state index in [2.05, 4.69) is 35.1 Å². The van der Waals surface area contributed by atoms with Crippen molar-refractivity contribution in [1.82, 2.24) is 0 Å². The summed E-state index contributed by atoms with van der Waals surface area (Å²) in [5.74, 6) is 0.830. The van der Waals surface area contributed by atoms with Crippen molar-refractivity contribution in [2.45, 2.75) is 27.2 Å². The number of carbonyl (C=O) groups is 2. The number of hydrogen-bond donors (Lipinski definition) is 1. The number of anilines is 1. The van der Waals surface area contributed by atoms with Crippen molar-refractivity contribution in [3.8, 4) is 5.75 Å². The molecule has 4 nitrogen and oxygen atoms in total. The van der Waals surface area contributed by atoms with Crippen LogP contribution in [-0.4, -0.2) is 18.3 Å². The molecule has 2 aromatic carbocycles. The molecule has 0 aliphatic carbocycles. The minimum absolute atomic E-state index is 0.00861. The van der Waals surface area contributed by atoms with E-state index in [1.807, 2.05) is 6.07 Å². The second-order valence-electron chi connectivity index (χ2n) is 6.26. The summed E-state index contributed by atoms with van der Waals surface area (Å²) in [5.41, 5.74) is 1.70. The second kappa shape index (κ2) is 8.81. The maximum absolute atomic E-state index is 12.6. The molecule has 1 amide bonds. The highest BCUT2D eigenvalue weighted by molar-refractivity contribution is 9.10. The van der Waals surface area contributed by atoms with Gasteiger partial charge in [-0.25, -0.2) is 0 Å². The van der Waals surface area contributed by atoms with E-state index >= 15 is 0 Å². The molecule has 5 heteroatoms. The van der Waals surface area contributed by atoms with Crippen LogP contribution in [0.1, 0.15) is 47.9 Å². The molecule has 0 saturated carbocycles. The molecule has 0 radical (unpaired) electrons. The van der Waals surface area contributed by atoms with E-state index in [-0.39, 0.29) is 11.7 Å². The molecule has 0 heterocycles. The SMILES string of the molecule is CC(=O)c1ccc(NC(=O)c2cc(Br)ccc2OCCC(C)C)cc1. The molecular weight excluding hydrogens is 382 g/mol. The first-order valence-electron chi connectivity index (χ1n) is 8.21. The topological polar surface area (TPSA) is 55.4 Å². The summed E-state index contributed by atoms with van der Waals surface area (Å²) >= 11 is 3.39. The predicted octanol–water partition coefficient (Wildman–Crippen LogP) is 5.33. The number of hydrogen-bond acceptors (Lipinski definition) is 3. The third-order valence-electron chi connectivity index (χ3n) is 3.69. The molecule has 0 bridgehead atoms. The first-order valence-corrected chi connectivity index (χ1v) is 9.01. The second-order valence-corrected chi connectivity index (χ2v) is 7.17. The number of nitrogens with one attached hydrogen (secondary N) is 1. The number of benzene rings is 2. The van der Waals surface area contributed by atoms with Gasteiger partial charge in [0, 0.05) is 15.7 Å². The Morgan fingerprint density at radius 1 is 1.12 bits per heavy atom. The van der Waals surface area contributed by atoms with Crippen molar-refractivity contribution >= 4 is 33.3 Å². The fraction of sp³-hybridized carbons (Fsp3) is 0.300. The molecule has 0 saturated heterocycles.